The first-order chi connectivity index (χ1) is 21.5. The highest BCUT2D eigenvalue weighted by molar-refractivity contribution is 5.78. The first kappa shape index (κ1) is 29.3. The third-order valence-corrected chi connectivity index (χ3v) is 9.32. The Balaban J connectivity index is 0.991. The summed E-state index contributed by atoms with van der Waals surface area (Å²) in [5.74, 6) is 0.854. The molecule has 1 aliphatic carbocycles. The van der Waals surface area contributed by atoms with Gasteiger partial charge in [-0.3, -0.25) is 0 Å². The number of aromatic nitrogens is 4. The number of halogens is 3. The molecule has 45 heavy (non-hydrogen) atoms. The summed E-state index contributed by atoms with van der Waals surface area (Å²) < 4.78 is 48.4. The second-order valence-corrected chi connectivity index (χ2v) is 12.5. The molecule has 1 spiro atoms. The Morgan fingerprint density at radius 3 is 2.56 bits per heavy atom. The monoisotopic (exact) mass is 621 g/mol. The number of ether oxygens (including phenoxy) is 1. The van der Waals surface area contributed by atoms with Crippen LogP contribution in [0.15, 0.2) is 60.9 Å². The van der Waals surface area contributed by atoms with Crippen LogP contribution in [-0.2, 0) is 11.6 Å². The van der Waals surface area contributed by atoms with Gasteiger partial charge in [-0.2, -0.15) is 13.2 Å². The van der Waals surface area contributed by atoms with Crippen molar-refractivity contribution in [3.05, 3.63) is 83.6 Å². The molecule has 2 amide bonds. The molecule has 2 saturated heterocycles. The highest BCUT2D eigenvalue weighted by Gasteiger charge is 2.47. The summed E-state index contributed by atoms with van der Waals surface area (Å²) in [7, 11) is 0. The van der Waals surface area contributed by atoms with Crippen molar-refractivity contribution >= 4 is 17.4 Å². The number of amides is 2. The van der Waals surface area contributed by atoms with Gasteiger partial charge in [0, 0.05) is 31.2 Å². The average molecular weight is 622 g/mol. The molecule has 1 unspecified atom stereocenters. The maximum absolute atomic E-state index is 13.5. The van der Waals surface area contributed by atoms with Crippen molar-refractivity contribution in [2.24, 2.45) is 0 Å². The SMILES string of the molecule is Cc1cc(OCC2(c3ccccc3)CC2)cn2nc(C(O)CN3CC4(CCN(c5cccnc5C(F)(F)F)CC4)NC3=O)nc12. The minimum atomic E-state index is -4.55. The van der Waals surface area contributed by atoms with Crippen molar-refractivity contribution < 1.29 is 27.8 Å². The van der Waals surface area contributed by atoms with Crippen LogP contribution in [0.4, 0.5) is 23.7 Å². The average Bonchev–Trinajstić information content (AvgIpc) is 3.60. The Morgan fingerprint density at radius 1 is 1.09 bits per heavy atom. The molecule has 236 valence electrons. The highest BCUT2D eigenvalue weighted by atomic mass is 19.4. The minimum Gasteiger partial charge on any atom is -0.491 e. The van der Waals surface area contributed by atoms with Crippen LogP contribution in [0.1, 0.15) is 54.4 Å². The van der Waals surface area contributed by atoms with Crippen molar-refractivity contribution in [1.82, 2.24) is 29.8 Å². The van der Waals surface area contributed by atoms with Gasteiger partial charge < -0.3 is 25.0 Å². The molecule has 0 radical (unpaired) electrons. The number of carbonyl (C=O) groups excluding carboxylic acids is 1. The van der Waals surface area contributed by atoms with E-state index < -0.39 is 23.5 Å². The second kappa shape index (κ2) is 10.9. The number of piperidine rings is 1. The van der Waals surface area contributed by atoms with Gasteiger partial charge in [-0.05, 0) is 61.9 Å². The van der Waals surface area contributed by atoms with E-state index in [2.05, 4.69) is 32.5 Å². The number of fused-ring (bicyclic) bond motifs is 1. The number of urea groups is 1. The normalized spacial score (nSPS) is 19.6. The number of β-amino-alcohol motifs (C(OH)–C–C–N with tert-alkyl or cyclic N) is 1. The molecule has 4 aromatic rings. The van der Waals surface area contributed by atoms with E-state index in [1.807, 2.05) is 31.2 Å². The lowest BCUT2D eigenvalue weighted by molar-refractivity contribution is -0.140. The quantitative estimate of drug-likeness (QED) is 0.295. The van der Waals surface area contributed by atoms with E-state index in [1.165, 1.54) is 22.6 Å². The summed E-state index contributed by atoms with van der Waals surface area (Å²) in [6.07, 6.45) is 0.268. The van der Waals surface area contributed by atoms with Gasteiger partial charge in [-0.25, -0.2) is 19.3 Å². The van der Waals surface area contributed by atoms with Gasteiger partial charge in [0.05, 0.1) is 30.6 Å². The predicted molar refractivity (Wildman–Crippen MR) is 159 cm³/mol. The van der Waals surface area contributed by atoms with Crippen LogP contribution in [0.25, 0.3) is 5.65 Å². The van der Waals surface area contributed by atoms with Gasteiger partial charge in [0.25, 0.3) is 0 Å². The Hall–Kier alpha value is -4.39. The Labute approximate surface area is 257 Å². The number of alkyl halides is 3. The van der Waals surface area contributed by atoms with Crippen LogP contribution in [0.2, 0.25) is 0 Å². The van der Waals surface area contributed by atoms with Crippen molar-refractivity contribution in [2.75, 3.05) is 37.7 Å². The van der Waals surface area contributed by atoms with E-state index in [9.17, 15) is 23.1 Å². The minimum absolute atomic E-state index is 0.0169. The molecule has 3 aromatic heterocycles. The number of pyridine rings is 2. The molecule has 0 bridgehead atoms. The van der Waals surface area contributed by atoms with Gasteiger partial charge in [0.1, 0.15) is 11.9 Å². The predicted octanol–water partition coefficient (Wildman–Crippen LogP) is 4.66. The lowest BCUT2D eigenvalue weighted by Gasteiger charge is -2.40. The van der Waals surface area contributed by atoms with Gasteiger partial charge in [-0.15, -0.1) is 5.10 Å². The van der Waals surface area contributed by atoms with Crippen LogP contribution in [-0.4, -0.2) is 73.9 Å². The van der Waals surface area contributed by atoms with Crippen LogP contribution in [0, 0.1) is 6.92 Å². The van der Waals surface area contributed by atoms with E-state index in [0.29, 0.717) is 50.5 Å². The van der Waals surface area contributed by atoms with Gasteiger partial charge in [0.15, 0.2) is 17.2 Å². The molecule has 1 aromatic carbocycles. The molecule has 13 heteroatoms. The maximum atomic E-state index is 13.5. The molecule has 10 nitrogen and oxygen atoms in total. The standard InChI is InChI=1S/C32H34F3N7O3/c1-21-16-23(45-20-30(9-10-30)22-6-3-2-4-7-22)17-42-28(21)37-27(39-42)25(43)18-41-19-31(38-29(41)44)11-14-40(15-12-31)24-8-5-13-36-26(24)32(33,34)35/h2-8,13,16-17,25,43H,9-12,14-15,18-20H2,1H3,(H,38,44). The van der Waals surface area contributed by atoms with E-state index in [4.69, 9.17) is 4.74 Å². The summed E-state index contributed by atoms with van der Waals surface area (Å²) in [5, 5.41) is 18.6. The lowest BCUT2D eigenvalue weighted by atomic mass is 9.88. The summed E-state index contributed by atoms with van der Waals surface area (Å²) in [6.45, 7) is 3.43. The van der Waals surface area contributed by atoms with E-state index in [-0.39, 0.29) is 29.5 Å². The largest absolute Gasteiger partial charge is 0.491 e. The summed E-state index contributed by atoms with van der Waals surface area (Å²) in [4.78, 5) is 24.3. The summed E-state index contributed by atoms with van der Waals surface area (Å²) in [5.41, 5.74) is 1.27. The first-order valence-electron chi connectivity index (χ1n) is 15.1. The molecule has 1 atom stereocenters. The van der Waals surface area contributed by atoms with Gasteiger partial charge >= 0.3 is 12.2 Å². The topological polar surface area (TPSA) is 108 Å². The third kappa shape index (κ3) is 5.65. The highest BCUT2D eigenvalue weighted by Crippen LogP contribution is 2.48. The fourth-order valence-electron chi connectivity index (χ4n) is 6.58. The summed E-state index contributed by atoms with van der Waals surface area (Å²) >= 11 is 0. The number of hydrogen-bond donors (Lipinski definition) is 2. The molecular formula is C32H34F3N7O3. The number of hydrogen-bond acceptors (Lipinski definition) is 7. The zero-order valence-corrected chi connectivity index (χ0v) is 24.8. The van der Waals surface area contributed by atoms with Crippen molar-refractivity contribution in [3.8, 4) is 5.75 Å². The zero-order valence-electron chi connectivity index (χ0n) is 24.8. The molecule has 7 rings (SSSR count). The summed E-state index contributed by atoms with van der Waals surface area (Å²) in [6, 6.07) is 14.9. The lowest BCUT2D eigenvalue weighted by Crippen LogP contribution is -2.52. The third-order valence-electron chi connectivity index (χ3n) is 9.32. The maximum Gasteiger partial charge on any atom is 0.435 e. The van der Waals surface area contributed by atoms with Crippen molar-refractivity contribution in [2.45, 2.75) is 55.8 Å². The number of anilines is 1. The van der Waals surface area contributed by atoms with Crippen molar-refractivity contribution in [1.29, 1.82) is 0 Å². The number of nitrogens with zero attached hydrogens (tertiary/aromatic N) is 6. The number of carbonyl (C=O) groups is 1. The molecule has 5 heterocycles. The Morgan fingerprint density at radius 2 is 1.84 bits per heavy atom. The number of aliphatic hydroxyl groups is 1. The second-order valence-electron chi connectivity index (χ2n) is 12.5. The molecule has 2 N–H and O–H groups in total. The number of rotatable bonds is 8. The molecule has 3 aliphatic rings. The Kier molecular flexibility index (Phi) is 7.10. The van der Waals surface area contributed by atoms with Crippen LogP contribution in [0.3, 0.4) is 0 Å². The van der Waals surface area contributed by atoms with E-state index >= 15 is 0 Å². The molecular weight excluding hydrogens is 587 g/mol. The zero-order chi connectivity index (χ0) is 31.4. The smallest absolute Gasteiger partial charge is 0.435 e. The fourth-order valence-corrected chi connectivity index (χ4v) is 6.58. The van der Waals surface area contributed by atoms with Gasteiger partial charge in [-0.1, -0.05) is 30.3 Å². The first-order valence-corrected chi connectivity index (χ1v) is 15.1. The number of aliphatic hydroxyl groups excluding tert-OH is 1. The van der Waals surface area contributed by atoms with Crippen LogP contribution < -0.4 is 15.0 Å². The molecule has 2 aliphatic heterocycles. The fraction of sp³-hybridized carbons (Fsp3) is 0.438. The van der Waals surface area contributed by atoms with Gasteiger partial charge in [0.2, 0.25) is 0 Å². The molecule has 1 saturated carbocycles. The van der Waals surface area contributed by atoms with Crippen LogP contribution >= 0.6 is 0 Å². The number of nitrogens with one attached hydrogen (secondary N) is 1. The van der Waals surface area contributed by atoms with Crippen LogP contribution in [0.5, 0.6) is 5.75 Å². The van der Waals surface area contributed by atoms with E-state index in [0.717, 1.165) is 24.6 Å². The number of aryl methyl sites for hydroxylation is 1. The Bertz CT molecular complexity index is 1720. The van der Waals surface area contributed by atoms with Crippen molar-refractivity contribution in [3.63, 3.8) is 0 Å². The van der Waals surface area contributed by atoms with E-state index in [1.54, 1.807) is 15.6 Å². The number of benzene rings is 1. The molecule has 3 fully saturated rings.